The summed E-state index contributed by atoms with van der Waals surface area (Å²) >= 11 is 0. The third-order valence-electron chi connectivity index (χ3n) is 27.8. The van der Waals surface area contributed by atoms with Crippen molar-refractivity contribution in [3.63, 3.8) is 0 Å². The van der Waals surface area contributed by atoms with Crippen LogP contribution in [0.4, 0.5) is 0 Å². The van der Waals surface area contributed by atoms with Gasteiger partial charge in [-0.05, 0) is 251 Å². The fraction of sp³-hybridized carbons (Fsp3) is 0.455. The van der Waals surface area contributed by atoms with Gasteiger partial charge in [-0.15, -0.1) is 0 Å². The van der Waals surface area contributed by atoms with Gasteiger partial charge in [-0.1, -0.05) is 142 Å². The Labute approximate surface area is 751 Å². The number of rotatable bonds is 24. The number of sulfonamides is 8. The van der Waals surface area contributed by atoms with E-state index in [4.69, 9.17) is 0 Å². The van der Waals surface area contributed by atoms with Crippen LogP contribution in [0.5, 0.6) is 0 Å². The van der Waals surface area contributed by atoms with Crippen LogP contribution in [0.3, 0.4) is 0 Å². The van der Waals surface area contributed by atoms with Gasteiger partial charge in [0.25, 0.3) is 0 Å². The molecule has 16 N–H and O–H groups in total. The molecule has 5 saturated heterocycles. The largest absolute Gasteiger partial charge is 0.286 e. The van der Waals surface area contributed by atoms with Crippen molar-refractivity contribution < 1.29 is 67.3 Å². The molecule has 0 radical (unpaired) electrons. The van der Waals surface area contributed by atoms with Gasteiger partial charge >= 0.3 is 0 Å². The molecule has 0 amide bonds. The predicted molar refractivity (Wildman–Crippen MR) is 483 cm³/mol. The van der Waals surface area contributed by atoms with Crippen molar-refractivity contribution in [2.24, 2.45) is 47.3 Å². The highest BCUT2D eigenvalue weighted by molar-refractivity contribution is 7.91. The summed E-state index contributed by atoms with van der Waals surface area (Å²) in [5, 5.41) is 31.5. The Balaban J connectivity index is 0.818. The molecule has 4 aliphatic carbocycles. The Bertz CT molecular complexity index is 5250. The van der Waals surface area contributed by atoms with Crippen molar-refractivity contribution in [2.75, 3.05) is 0 Å². The maximum Gasteiger partial charge on any atom is 0.240 e. The van der Waals surface area contributed by atoms with Crippen LogP contribution >= 0.6 is 0 Å². The molecule has 5 heterocycles. The summed E-state index contributed by atoms with van der Waals surface area (Å²) in [6.45, 7) is 14.5. The third-order valence-corrected chi connectivity index (χ3v) is 39.8. The second-order valence-electron chi connectivity index (χ2n) is 36.7. The Morgan fingerprint density at radius 2 is 0.250 bits per heavy atom. The molecule has 16 unspecified atom stereocenters. The first-order valence-electron chi connectivity index (χ1n) is 43.3. The molecule has 688 valence electrons. The van der Waals surface area contributed by atoms with Crippen molar-refractivity contribution in [1.82, 2.24) is 80.3 Å². The summed E-state index contributed by atoms with van der Waals surface area (Å²) < 4.78 is 265. The standard InChI is InChI=1S/C88H112N16O16S8/c1-49-9-25-57(26-10-49)121(105,106)97-73-41-65-66(42-74(73)98-122(107,108)58-27-11-50(2)12-28-58)82-89-81(65)93-83-67-43-75(99-123(109,110)59-29-13-51(3)14-30-59)76(100-124(111,112)60-31-15-52(4)16-32-60)44-68(67)85(90-83)95-87-71-47-79(103-127(117,118)63-37-21-55(7)22-38-63)80(104-128(119,120)64-39-23-56(8)24-40-64)48-72(71)88(92-87)96-86-70-46-78(102-126(115,116)62-35-19-54(6)20-36-62)77(45-69(70)84(91-86)94-82)101-125(113,114)61-33-17-53(5)18-34-61/h9-40,65-104H,41-48H2,1-8H3. The van der Waals surface area contributed by atoms with E-state index in [1.807, 2.05) is 55.4 Å². The third kappa shape index (κ3) is 19.7. The number of hydrogen-bond donors (Lipinski definition) is 16. The van der Waals surface area contributed by atoms with Gasteiger partial charge in [0, 0.05) is 48.3 Å². The normalized spacial score (nSPS) is 31.7. The summed E-state index contributed by atoms with van der Waals surface area (Å²) in [5.41, 5.74) is 6.31. The molecule has 0 aromatic heterocycles. The molecule has 8 aromatic carbocycles. The van der Waals surface area contributed by atoms with E-state index in [9.17, 15) is 0 Å². The molecule has 4 saturated carbocycles. The molecule has 8 bridgehead atoms. The monoisotopic (exact) mass is 1900 g/mol. The minimum absolute atomic E-state index is 0.0300. The van der Waals surface area contributed by atoms with Gasteiger partial charge in [0.2, 0.25) is 80.2 Å². The van der Waals surface area contributed by atoms with Crippen LogP contribution < -0.4 is 80.3 Å². The lowest BCUT2D eigenvalue weighted by molar-refractivity contribution is 0.127. The van der Waals surface area contributed by atoms with Gasteiger partial charge in [0.05, 0.1) is 88.5 Å². The zero-order chi connectivity index (χ0) is 90.7. The van der Waals surface area contributed by atoms with Crippen LogP contribution in [0.15, 0.2) is 233 Å². The van der Waals surface area contributed by atoms with E-state index in [1.165, 1.54) is 97.1 Å². The molecule has 32 nitrogen and oxygen atoms in total. The van der Waals surface area contributed by atoms with Gasteiger partial charge in [-0.3, -0.25) is 42.5 Å². The summed E-state index contributed by atoms with van der Waals surface area (Å²) in [6, 6.07) is 40.9. The van der Waals surface area contributed by atoms with Crippen LogP contribution in [0.1, 0.15) is 95.9 Å². The summed E-state index contributed by atoms with van der Waals surface area (Å²) in [4.78, 5) is -0.577. The predicted octanol–water partition coefficient (Wildman–Crippen LogP) is 4.73. The highest BCUT2D eigenvalue weighted by atomic mass is 32.2. The maximum absolute atomic E-state index is 15.1. The molecular weight excluding hydrogens is 1790 g/mol. The van der Waals surface area contributed by atoms with Crippen LogP contribution in [0, 0.1) is 103 Å². The lowest BCUT2D eigenvalue weighted by Crippen LogP contribution is -2.61. The molecule has 16 atom stereocenters. The van der Waals surface area contributed by atoms with E-state index in [2.05, 4.69) is 80.3 Å². The van der Waals surface area contributed by atoms with Crippen molar-refractivity contribution in [3.05, 3.63) is 239 Å². The number of fused-ring (bicyclic) bond motifs is 20. The molecule has 40 heteroatoms. The van der Waals surface area contributed by atoms with Gasteiger partial charge in [-0.25, -0.2) is 105 Å². The lowest BCUT2D eigenvalue weighted by atomic mass is 9.72. The molecule has 9 aliphatic rings. The van der Waals surface area contributed by atoms with Crippen LogP contribution in [-0.2, 0) is 80.2 Å². The molecule has 5 aliphatic heterocycles. The van der Waals surface area contributed by atoms with E-state index >= 15 is 67.3 Å². The second-order valence-corrected chi connectivity index (χ2v) is 50.4. The minimum Gasteiger partial charge on any atom is -0.286 e. The Morgan fingerprint density at radius 1 is 0.164 bits per heavy atom. The van der Waals surface area contributed by atoms with E-state index < -0.39 is 225 Å². The fourth-order valence-electron chi connectivity index (χ4n) is 21.0. The Kier molecular flexibility index (Phi) is 26.0. The summed E-state index contributed by atoms with van der Waals surface area (Å²) in [6.07, 6.45) is -7.16. The number of hydrogen-bond acceptors (Lipinski definition) is 24. The molecular formula is C88H112N16O16S8. The van der Waals surface area contributed by atoms with E-state index in [1.54, 1.807) is 97.1 Å². The van der Waals surface area contributed by atoms with Crippen molar-refractivity contribution in [3.8, 4) is 0 Å². The average molecular weight is 1910 g/mol. The van der Waals surface area contributed by atoms with Gasteiger partial charge in [-0.2, -0.15) is 0 Å². The first kappa shape index (κ1) is 92.6. The zero-order valence-electron chi connectivity index (χ0n) is 71.8. The number of aryl methyl sites for hydroxylation is 8. The Hall–Kier alpha value is -7.28. The summed E-state index contributed by atoms with van der Waals surface area (Å²) in [7, 11) is -35.6. The van der Waals surface area contributed by atoms with Crippen molar-refractivity contribution in [2.45, 2.75) is 244 Å². The van der Waals surface area contributed by atoms with E-state index in [-0.39, 0.29) is 90.5 Å². The molecule has 17 rings (SSSR count). The average Bonchev–Trinajstić information content (AvgIpc) is 1.58. The fourth-order valence-corrected chi connectivity index (χ4v) is 31.3. The van der Waals surface area contributed by atoms with Crippen molar-refractivity contribution >= 4 is 80.2 Å². The molecule has 0 spiro atoms. The minimum atomic E-state index is -4.44. The SMILES string of the molecule is Cc1ccc(S(=O)(=O)NC2CC3C4NC(NC5NC(NC6NC(NC7NC(N4)C4CC(NS(=O)(=O)c8ccc(C)cc8)C(NS(=O)(=O)c8ccc(C)cc8)CC74)C4CC(NS(=O)(=O)c7ccc(C)cc7)C(NS(=O)(=O)c7ccc(C)cc7)CC64)C4CC(NS(=O)(=O)c6ccc(C)cc6)C(NS(=O)(=O)c6ccc(C)cc6)CC54)C3CC2NS(=O)(=O)c2ccc(C)cc2)cc1. The van der Waals surface area contributed by atoms with Crippen LogP contribution in [-0.4, -0.2) is 165 Å². The lowest BCUT2D eigenvalue weighted by Gasteiger charge is -2.44. The van der Waals surface area contributed by atoms with Crippen LogP contribution in [0.2, 0.25) is 0 Å². The summed E-state index contributed by atoms with van der Waals surface area (Å²) in [5.74, 6) is -5.11. The highest BCUT2D eigenvalue weighted by Gasteiger charge is 2.61. The van der Waals surface area contributed by atoms with E-state index in [0.29, 0.717) is 0 Å². The smallest absolute Gasteiger partial charge is 0.240 e. The first-order valence-corrected chi connectivity index (χ1v) is 55.2. The molecule has 128 heavy (non-hydrogen) atoms. The van der Waals surface area contributed by atoms with Crippen LogP contribution in [0.25, 0.3) is 0 Å². The van der Waals surface area contributed by atoms with Gasteiger partial charge < -0.3 is 0 Å². The number of nitrogens with one attached hydrogen (secondary N) is 16. The molecule has 8 aromatic rings. The first-order chi connectivity index (χ1) is 60.5. The Morgan fingerprint density at radius 3 is 0.336 bits per heavy atom. The maximum atomic E-state index is 15.1. The molecule has 9 fully saturated rings. The van der Waals surface area contributed by atoms with E-state index in [0.717, 1.165) is 44.5 Å². The number of benzene rings is 8. The highest BCUT2D eigenvalue weighted by Crippen LogP contribution is 2.48. The van der Waals surface area contributed by atoms with Crippen molar-refractivity contribution in [1.29, 1.82) is 0 Å². The topological polar surface area (TPSA) is 466 Å². The second kappa shape index (κ2) is 35.9. The zero-order valence-corrected chi connectivity index (χ0v) is 78.3. The van der Waals surface area contributed by atoms with Gasteiger partial charge in [0.1, 0.15) is 0 Å². The van der Waals surface area contributed by atoms with Gasteiger partial charge in [0.15, 0.2) is 0 Å². The quantitative estimate of drug-likeness (QED) is 0.0389.